The Morgan fingerprint density at radius 1 is 1.15 bits per heavy atom. The van der Waals surface area contributed by atoms with Crippen LogP contribution >= 0.6 is 11.3 Å². The Morgan fingerprint density at radius 3 is 2.70 bits per heavy atom. The molecule has 2 heterocycles. The molecule has 27 heavy (non-hydrogen) atoms. The van der Waals surface area contributed by atoms with Crippen LogP contribution in [0.15, 0.2) is 48.5 Å². The van der Waals surface area contributed by atoms with Gasteiger partial charge in [0.1, 0.15) is 21.5 Å². The molecule has 2 aromatic heterocycles. The summed E-state index contributed by atoms with van der Waals surface area (Å²) in [6, 6.07) is 13.9. The third-order valence-electron chi connectivity index (χ3n) is 4.18. The molecule has 7 heteroatoms. The van der Waals surface area contributed by atoms with E-state index in [1.807, 2.05) is 24.3 Å². The van der Waals surface area contributed by atoms with Crippen molar-refractivity contribution in [3.63, 3.8) is 0 Å². The maximum Gasteiger partial charge on any atom is 0.263 e. The number of imidazole rings is 1. The van der Waals surface area contributed by atoms with E-state index >= 15 is 0 Å². The highest BCUT2D eigenvalue weighted by molar-refractivity contribution is 7.17. The molecule has 2 N–H and O–H groups in total. The standard InChI is InChI=1S/C20H17FN4OS/c1-12-18(27-20(23-12)13-6-8-14(21)9-7-13)19(26)22-11-10-17-24-15-4-2-3-5-16(15)25-17/h2-9H,10-11H2,1H3,(H,22,26)(H,24,25). The first kappa shape index (κ1) is 17.4. The van der Waals surface area contributed by atoms with Crippen molar-refractivity contribution < 1.29 is 9.18 Å². The van der Waals surface area contributed by atoms with Gasteiger partial charge in [0.15, 0.2) is 0 Å². The number of aromatic nitrogens is 3. The third kappa shape index (κ3) is 3.73. The topological polar surface area (TPSA) is 70.7 Å². The van der Waals surface area contributed by atoms with Crippen molar-refractivity contribution in [3.05, 3.63) is 70.7 Å². The van der Waals surface area contributed by atoms with E-state index in [9.17, 15) is 9.18 Å². The van der Waals surface area contributed by atoms with Crippen LogP contribution in [-0.4, -0.2) is 27.4 Å². The van der Waals surface area contributed by atoms with E-state index < -0.39 is 0 Å². The van der Waals surface area contributed by atoms with Crippen LogP contribution in [-0.2, 0) is 6.42 Å². The number of nitrogens with zero attached hydrogens (tertiary/aromatic N) is 2. The number of amides is 1. The highest BCUT2D eigenvalue weighted by Gasteiger charge is 2.16. The highest BCUT2D eigenvalue weighted by atomic mass is 32.1. The Labute approximate surface area is 159 Å². The number of carbonyl (C=O) groups is 1. The molecule has 0 bridgehead atoms. The molecular weight excluding hydrogens is 363 g/mol. The minimum atomic E-state index is -0.296. The lowest BCUT2D eigenvalue weighted by Gasteiger charge is -2.02. The predicted molar refractivity (Wildman–Crippen MR) is 104 cm³/mol. The molecule has 0 saturated heterocycles. The number of benzene rings is 2. The normalized spacial score (nSPS) is 11.0. The van der Waals surface area contributed by atoms with E-state index in [1.165, 1.54) is 23.5 Å². The van der Waals surface area contributed by atoms with Gasteiger partial charge in [0, 0.05) is 18.5 Å². The Morgan fingerprint density at radius 2 is 1.93 bits per heavy atom. The molecule has 0 saturated carbocycles. The minimum absolute atomic E-state index is 0.158. The number of hydrogen-bond acceptors (Lipinski definition) is 4. The fourth-order valence-electron chi connectivity index (χ4n) is 2.82. The van der Waals surface area contributed by atoms with E-state index in [0.717, 1.165) is 22.4 Å². The largest absolute Gasteiger partial charge is 0.351 e. The summed E-state index contributed by atoms with van der Waals surface area (Å²) in [7, 11) is 0. The van der Waals surface area contributed by atoms with Gasteiger partial charge in [-0.1, -0.05) is 12.1 Å². The van der Waals surface area contributed by atoms with Gasteiger partial charge in [-0.15, -0.1) is 11.3 Å². The van der Waals surface area contributed by atoms with Gasteiger partial charge in [-0.05, 0) is 43.3 Å². The molecule has 5 nitrogen and oxygen atoms in total. The molecule has 136 valence electrons. The molecule has 4 aromatic rings. The Kier molecular flexibility index (Phi) is 4.68. The van der Waals surface area contributed by atoms with Crippen molar-refractivity contribution in [2.45, 2.75) is 13.3 Å². The second kappa shape index (κ2) is 7.28. The summed E-state index contributed by atoms with van der Waals surface area (Å²) in [5, 5.41) is 3.62. The first-order chi connectivity index (χ1) is 13.1. The van der Waals surface area contributed by atoms with Gasteiger partial charge in [-0.25, -0.2) is 14.4 Å². The number of fused-ring (bicyclic) bond motifs is 1. The van der Waals surface area contributed by atoms with Gasteiger partial charge in [0.25, 0.3) is 5.91 Å². The second-order valence-corrected chi connectivity index (χ2v) is 7.15. The zero-order valence-electron chi connectivity index (χ0n) is 14.6. The molecule has 0 aliphatic heterocycles. The van der Waals surface area contributed by atoms with Crippen LogP contribution in [0.4, 0.5) is 4.39 Å². The average Bonchev–Trinajstić information content (AvgIpc) is 3.25. The molecule has 0 spiro atoms. The summed E-state index contributed by atoms with van der Waals surface area (Å²) in [5.74, 6) is 0.384. The summed E-state index contributed by atoms with van der Waals surface area (Å²) in [6.07, 6.45) is 0.614. The van der Waals surface area contributed by atoms with Crippen LogP contribution in [0.1, 0.15) is 21.2 Å². The molecule has 0 unspecified atom stereocenters. The smallest absolute Gasteiger partial charge is 0.263 e. The van der Waals surface area contributed by atoms with Crippen molar-refractivity contribution in [2.24, 2.45) is 0 Å². The Balaban J connectivity index is 1.41. The van der Waals surface area contributed by atoms with Crippen molar-refractivity contribution in [2.75, 3.05) is 6.54 Å². The summed E-state index contributed by atoms with van der Waals surface area (Å²) < 4.78 is 13.1. The SMILES string of the molecule is Cc1nc(-c2ccc(F)cc2)sc1C(=O)NCCc1nc2ccccc2[nH]1. The molecule has 4 rings (SSSR count). The fourth-order valence-corrected chi connectivity index (χ4v) is 3.81. The van der Waals surface area contributed by atoms with Crippen LogP contribution in [0.25, 0.3) is 21.6 Å². The molecule has 0 fully saturated rings. The van der Waals surface area contributed by atoms with Crippen LogP contribution in [0.3, 0.4) is 0 Å². The first-order valence-corrected chi connectivity index (χ1v) is 9.37. The van der Waals surface area contributed by atoms with E-state index in [2.05, 4.69) is 20.3 Å². The van der Waals surface area contributed by atoms with Crippen LogP contribution in [0.2, 0.25) is 0 Å². The number of halogens is 1. The lowest BCUT2D eigenvalue weighted by atomic mass is 10.2. The van der Waals surface area contributed by atoms with E-state index in [-0.39, 0.29) is 11.7 Å². The summed E-state index contributed by atoms with van der Waals surface area (Å²) in [6.45, 7) is 2.28. The van der Waals surface area contributed by atoms with Gasteiger partial charge in [-0.3, -0.25) is 4.79 Å². The maximum absolute atomic E-state index is 13.1. The zero-order chi connectivity index (χ0) is 18.8. The summed E-state index contributed by atoms with van der Waals surface area (Å²) in [4.78, 5) is 25.3. The predicted octanol–water partition coefficient (Wildman–Crippen LogP) is 4.11. The second-order valence-electron chi connectivity index (χ2n) is 6.15. The van der Waals surface area contributed by atoms with Gasteiger partial charge in [-0.2, -0.15) is 0 Å². The van der Waals surface area contributed by atoms with Crippen molar-refractivity contribution in [3.8, 4) is 10.6 Å². The third-order valence-corrected chi connectivity index (χ3v) is 5.39. The summed E-state index contributed by atoms with van der Waals surface area (Å²) >= 11 is 1.31. The van der Waals surface area contributed by atoms with E-state index in [0.29, 0.717) is 28.5 Å². The molecule has 0 aliphatic rings. The van der Waals surface area contributed by atoms with Gasteiger partial charge in [0.05, 0.1) is 16.7 Å². The number of hydrogen-bond donors (Lipinski definition) is 2. The Bertz CT molecular complexity index is 1070. The number of nitrogens with one attached hydrogen (secondary N) is 2. The lowest BCUT2D eigenvalue weighted by Crippen LogP contribution is -2.25. The molecule has 0 atom stereocenters. The van der Waals surface area contributed by atoms with Gasteiger partial charge >= 0.3 is 0 Å². The number of aryl methyl sites for hydroxylation is 1. The van der Waals surface area contributed by atoms with Crippen LogP contribution in [0.5, 0.6) is 0 Å². The number of H-pyrrole nitrogens is 1. The molecule has 0 radical (unpaired) electrons. The minimum Gasteiger partial charge on any atom is -0.351 e. The molecular formula is C20H17FN4OS. The highest BCUT2D eigenvalue weighted by Crippen LogP contribution is 2.28. The monoisotopic (exact) mass is 380 g/mol. The summed E-state index contributed by atoms with van der Waals surface area (Å²) in [5.41, 5.74) is 3.37. The number of thiazole rings is 1. The van der Waals surface area contributed by atoms with Crippen molar-refractivity contribution >= 4 is 28.3 Å². The average molecular weight is 380 g/mol. The fraction of sp³-hybridized carbons (Fsp3) is 0.150. The van der Waals surface area contributed by atoms with Gasteiger partial charge in [0.2, 0.25) is 0 Å². The van der Waals surface area contributed by atoms with Crippen molar-refractivity contribution in [1.82, 2.24) is 20.3 Å². The first-order valence-electron chi connectivity index (χ1n) is 8.55. The molecule has 2 aromatic carbocycles. The molecule has 0 aliphatic carbocycles. The van der Waals surface area contributed by atoms with Crippen LogP contribution < -0.4 is 5.32 Å². The van der Waals surface area contributed by atoms with Gasteiger partial charge < -0.3 is 10.3 Å². The molecule has 1 amide bonds. The van der Waals surface area contributed by atoms with Crippen LogP contribution in [0, 0.1) is 12.7 Å². The Hall–Kier alpha value is -3.06. The quantitative estimate of drug-likeness (QED) is 0.547. The lowest BCUT2D eigenvalue weighted by molar-refractivity contribution is 0.0957. The number of para-hydroxylation sites is 2. The number of rotatable bonds is 5. The maximum atomic E-state index is 13.1. The number of carbonyl (C=O) groups excluding carboxylic acids is 1. The van der Waals surface area contributed by atoms with E-state index in [1.54, 1.807) is 19.1 Å². The van der Waals surface area contributed by atoms with E-state index in [4.69, 9.17) is 0 Å². The zero-order valence-corrected chi connectivity index (χ0v) is 15.4. The van der Waals surface area contributed by atoms with Crippen molar-refractivity contribution in [1.29, 1.82) is 0 Å². The number of aromatic amines is 1.